The lowest BCUT2D eigenvalue weighted by Crippen LogP contribution is -2.34. The van der Waals surface area contributed by atoms with Gasteiger partial charge < -0.3 is 30.3 Å². The number of phosphoric acid groups is 1. The van der Waals surface area contributed by atoms with Crippen molar-refractivity contribution >= 4 is 25.7 Å². The number of aliphatic hydroxyl groups is 1. The summed E-state index contributed by atoms with van der Waals surface area (Å²) in [6.45, 7) is 2.52. The average molecular weight is 880 g/mol. The number of ether oxygens (including phenoxy) is 2. The van der Waals surface area contributed by atoms with E-state index in [2.05, 4.69) is 30.5 Å². The van der Waals surface area contributed by atoms with E-state index in [0.717, 1.165) is 38.5 Å². The molecule has 0 amide bonds. The van der Waals surface area contributed by atoms with Gasteiger partial charge in [0.15, 0.2) is 6.10 Å². The molecule has 12 nitrogen and oxygen atoms in total. The number of carbonyl (C=O) groups excluding carboxylic acids is 2. The highest BCUT2D eigenvalue weighted by Gasteiger charge is 2.28. The molecule has 0 spiro atoms. The van der Waals surface area contributed by atoms with Gasteiger partial charge in [0, 0.05) is 12.8 Å². The Bertz CT molecular complexity index is 1330. The van der Waals surface area contributed by atoms with Crippen LogP contribution in [0.2, 0.25) is 0 Å². The lowest BCUT2D eigenvalue weighted by atomic mass is 10.0. The van der Waals surface area contributed by atoms with Crippen molar-refractivity contribution in [2.45, 2.75) is 193 Å². The smallest absolute Gasteiger partial charge is 0.472 e. The van der Waals surface area contributed by atoms with E-state index in [9.17, 15) is 28.9 Å². The third-order valence-electron chi connectivity index (χ3n) is 9.56. The lowest BCUT2D eigenvalue weighted by molar-refractivity contribution is -0.161. The topological polar surface area (TPSA) is 192 Å². The number of nitrogens with two attached hydrogens (primary N) is 1. The Hall–Kier alpha value is -3.12. The highest BCUT2D eigenvalue weighted by Crippen LogP contribution is 2.43. The maximum atomic E-state index is 12.6. The van der Waals surface area contributed by atoms with Crippen LogP contribution in [-0.4, -0.2) is 71.1 Å². The number of carboxylic acids is 1. The second-order valence-electron chi connectivity index (χ2n) is 15.4. The van der Waals surface area contributed by atoms with Gasteiger partial charge in [-0.15, -0.1) is 0 Å². The molecule has 0 saturated carbocycles. The van der Waals surface area contributed by atoms with Gasteiger partial charge in [0.25, 0.3) is 0 Å². The van der Waals surface area contributed by atoms with E-state index in [0.29, 0.717) is 25.7 Å². The highest BCUT2D eigenvalue weighted by molar-refractivity contribution is 7.47. The van der Waals surface area contributed by atoms with E-state index in [-0.39, 0.29) is 19.4 Å². The number of allylic oxidation sites excluding steroid dienone is 10. The van der Waals surface area contributed by atoms with E-state index < -0.39 is 57.2 Å². The number of hydrogen-bond donors (Lipinski definition) is 4. The summed E-state index contributed by atoms with van der Waals surface area (Å²) in [5, 5.41) is 18.7. The normalized spacial score (nSPS) is 14.8. The number of carbonyl (C=O) groups is 3. The molecule has 350 valence electrons. The summed E-state index contributed by atoms with van der Waals surface area (Å²) in [5.74, 6) is -2.51. The summed E-state index contributed by atoms with van der Waals surface area (Å²) in [4.78, 5) is 46.0. The molecule has 0 aliphatic rings. The Kier molecular flexibility index (Phi) is 40.0. The predicted octanol–water partition coefficient (Wildman–Crippen LogP) is 11.5. The molecule has 0 fully saturated rings. The summed E-state index contributed by atoms with van der Waals surface area (Å²) < 4.78 is 32.6. The fourth-order valence-electron chi connectivity index (χ4n) is 5.94. The van der Waals surface area contributed by atoms with Crippen LogP contribution in [0.15, 0.2) is 72.9 Å². The molecule has 0 aliphatic heterocycles. The zero-order valence-electron chi connectivity index (χ0n) is 37.6. The molecule has 5 N–H and O–H groups in total. The average Bonchev–Trinajstić information content (AvgIpc) is 3.23. The van der Waals surface area contributed by atoms with Crippen molar-refractivity contribution in [3.8, 4) is 0 Å². The Labute approximate surface area is 368 Å². The minimum atomic E-state index is -4.75. The van der Waals surface area contributed by atoms with Gasteiger partial charge >= 0.3 is 25.7 Å². The second kappa shape index (κ2) is 42.2. The minimum absolute atomic E-state index is 0.0188. The molecule has 0 aliphatic carbocycles. The molecular formula is C48H82NO11P. The van der Waals surface area contributed by atoms with Crippen molar-refractivity contribution in [3.05, 3.63) is 72.9 Å². The first-order chi connectivity index (χ1) is 29.5. The van der Waals surface area contributed by atoms with Crippen LogP contribution >= 0.6 is 7.82 Å². The number of phosphoric ester groups is 1. The van der Waals surface area contributed by atoms with E-state index >= 15 is 0 Å². The summed E-state index contributed by atoms with van der Waals surface area (Å²) in [7, 11) is -4.75. The number of hydrogen-bond acceptors (Lipinski definition) is 10. The molecule has 0 bridgehead atoms. The zero-order chi connectivity index (χ0) is 45.1. The fraction of sp³-hybridized carbons (Fsp3) is 0.688. The minimum Gasteiger partial charge on any atom is -0.480 e. The van der Waals surface area contributed by atoms with Crippen molar-refractivity contribution < 1.29 is 52.6 Å². The lowest BCUT2D eigenvalue weighted by Gasteiger charge is -2.20. The van der Waals surface area contributed by atoms with Crippen LogP contribution in [0, 0.1) is 0 Å². The molecule has 4 atom stereocenters. The summed E-state index contributed by atoms with van der Waals surface area (Å²) in [6.07, 6.45) is 47.4. The van der Waals surface area contributed by atoms with E-state index in [1.807, 2.05) is 54.7 Å². The van der Waals surface area contributed by atoms with Crippen molar-refractivity contribution in [1.82, 2.24) is 0 Å². The summed E-state index contributed by atoms with van der Waals surface area (Å²) in [6, 6.07) is -1.54. The number of carboxylic acid groups (broad SMARTS) is 1. The Balaban J connectivity index is 4.48. The molecule has 13 heteroatoms. The molecule has 0 saturated heterocycles. The molecular weight excluding hydrogens is 797 g/mol. The first-order valence-electron chi connectivity index (χ1n) is 23.1. The van der Waals surface area contributed by atoms with Gasteiger partial charge in [0.1, 0.15) is 12.6 Å². The second-order valence-corrected chi connectivity index (χ2v) is 16.8. The van der Waals surface area contributed by atoms with E-state index in [1.165, 1.54) is 83.5 Å². The first kappa shape index (κ1) is 57.9. The molecule has 2 unspecified atom stereocenters. The van der Waals surface area contributed by atoms with Crippen LogP contribution in [0.1, 0.15) is 174 Å². The monoisotopic (exact) mass is 880 g/mol. The number of esters is 2. The molecule has 0 aromatic heterocycles. The van der Waals surface area contributed by atoms with Gasteiger partial charge in [0.2, 0.25) is 0 Å². The Morgan fingerprint density at radius 1 is 0.607 bits per heavy atom. The molecule has 0 aromatic carbocycles. The van der Waals surface area contributed by atoms with Gasteiger partial charge in [0.05, 0.1) is 19.3 Å². The maximum absolute atomic E-state index is 12.6. The molecule has 0 rings (SSSR count). The van der Waals surface area contributed by atoms with Gasteiger partial charge in [-0.2, -0.15) is 0 Å². The zero-order valence-corrected chi connectivity index (χ0v) is 38.5. The van der Waals surface area contributed by atoms with Crippen LogP contribution in [0.3, 0.4) is 0 Å². The SMILES string of the molecule is CC/C=C\CC(O)/C=C/C=C/C/C=C\C/C=C\C/C=C\CCC(=O)O[C@H](COC(=O)CCCCCCCCCCCCCCCCCCC)COP(=O)(O)OC[C@H](N)C(=O)O. The largest absolute Gasteiger partial charge is 0.480 e. The van der Waals surface area contributed by atoms with Crippen LogP contribution in [-0.2, 0) is 37.5 Å². The highest BCUT2D eigenvalue weighted by atomic mass is 31.2. The number of unbranched alkanes of at least 4 members (excludes halogenated alkanes) is 16. The van der Waals surface area contributed by atoms with Gasteiger partial charge in [-0.05, 0) is 44.9 Å². The fourth-order valence-corrected chi connectivity index (χ4v) is 6.72. The number of aliphatic carboxylic acids is 1. The van der Waals surface area contributed by atoms with Crippen LogP contribution in [0.4, 0.5) is 0 Å². The van der Waals surface area contributed by atoms with Crippen LogP contribution in [0.5, 0.6) is 0 Å². The number of aliphatic hydroxyl groups excluding tert-OH is 1. The van der Waals surface area contributed by atoms with Crippen LogP contribution < -0.4 is 5.73 Å². The first-order valence-corrected chi connectivity index (χ1v) is 24.6. The molecule has 0 heterocycles. The van der Waals surface area contributed by atoms with Crippen molar-refractivity contribution in [1.29, 1.82) is 0 Å². The van der Waals surface area contributed by atoms with Gasteiger partial charge in [-0.25, -0.2) is 4.57 Å². The quantitative estimate of drug-likeness (QED) is 0.0149. The molecule has 61 heavy (non-hydrogen) atoms. The predicted molar refractivity (Wildman–Crippen MR) is 246 cm³/mol. The van der Waals surface area contributed by atoms with Crippen molar-refractivity contribution in [2.24, 2.45) is 5.73 Å². The van der Waals surface area contributed by atoms with E-state index in [1.54, 1.807) is 6.08 Å². The Morgan fingerprint density at radius 2 is 1.11 bits per heavy atom. The molecule has 0 radical (unpaired) electrons. The summed E-state index contributed by atoms with van der Waals surface area (Å²) in [5.41, 5.74) is 5.33. The molecule has 0 aromatic rings. The van der Waals surface area contributed by atoms with Gasteiger partial charge in [-0.1, -0.05) is 189 Å². The Morgan fingerprint density at radius 3 is 1.66 bits per heavy atom. The van der Waals surface area contributed by atoms with E-state index in [4.69, 9.17) is 24.8 Å². The maximum Gasteiger partial charge on any atom is 0.472 e. The van der Waals surface area contributed by atoms with Gasteiger partial charge in [-0.3, -0.25) is 23.4 Å². The van der Waals surface area contributed by atoms with Crippen molar-refractivity contribution in [2.75, 3.05) is 19.8 Å². The third-order valence-corrected chi connectivity index (χ3v) is 10.5. The summed E-state index contributed by atoms with van der Waals surface area (Å²) >= 11 is 0. The standard InChI is InChI=1S/C48H82NO11P/c1-3-5-7-8-9-10-11-12-13-14-15-18-21-24-27-30-34-38-46(51)57-40-44(41-58-61(55,56)59-42-45(49)48(53)54)60-47(52)39-35-31-28-25-22-19-16-17-20-23-26-29-33-37-43(50)36-32-6-4-2/h6,17,19-20,22,26,28-29,31-33,37,43-45,50H,3-5,7-16,18,21,23-25,27,30,34-36,38-42,49H2,1-2H3,(H,53,54)(H,55,56)/b20-17-,22-19-,29-26+,31-28-,32-6-,37-33+/t43?,44-,45+/m1/s1. The van der Waals surface area contributed by atoms with Crippen LogP contribution in [0.25, 0.3) is 0 Å². The number of rotatable bonds is 42. The van der Waals surface area contributed by atoms with Crippen molar-refractivity contribution in [3.63, 3.8) is 0 Å². The third kappa shape index (κ3) is 42.0.